The average molecular weight is 366 g/mol. The topological polar surface area (TPSA) is 92.4 Å². The predicted molar refractivity (Wildman–Crippen MR) is 99.3 cm³/mol. The molecule has 2 aliphatic rings. The van der Waals surface area contributed by atoms with E-state index in [1.165, 1.54) is 11.9 Å². The van der Waals surface area contributed by atoms with Gasteiger partial charge in [0.05, 0.1) is 11.7 Å². The van der Waals surface area contributed by atoms with E-state index in [-0.39, 0.29) is 6.04 Å². The van der Waals surface area contributed by atoms with Gasteiger partial charge in [0.2, 0.25) is 0 Å². The second-order valence-corrected chi connectivity index (χ2v) is 7.36. The fourth-order valence-electron chi connectivity index (χ4n) is 4.30. The highest BCUT2D eigenvalue weighted by molar-refractivity contribution is 5.78. The first-order valence-electron chi connectivity index (χ1n) is 9.26. The van der Waals surface area contributed by atoms with Gasteiger partial charge in [-0.05, 0) is 24.6 Å². The first-order chi connectivity index (χ1) is 13.1. The number of fused-ring (bicyclic) bond motifs is 2. The van der Waals surface area contributed by atoms with Gasteiger partial charge in [-0.3, -0.25) is 0 Å². The summed E-state index contributed by atoms with van der Waals surface area (Å²) in [6, 6.07) is 7.63. The molecule has 0 spiro atoms. The Morgan fingerprint density at radius 2 is 2.04 bits per heavy atom. The lowest BCUT2D eigenvalue weighted by atomic mass is 10.1. The highest BCUT2D eigenvalue weighted by atomic mass is 16.5. The van der Waals surface area contributed by atoms with Gasteiger partial charge in [-0.25, -0.2) is 9.97 Å². The predicted octanol–water partition coefficient (Wildman–Crippen LogP) is 1.46. The molecule has 7 heteroatoms. The van der Waals surface area contributed by atoms with Crippen molar-refractivity contribution in [2.75, 3.05) is 0 Å². The Kier molecular flexibility index (Phi) is 3.89. The van der Waals surface area contributed by atoms with Crippen LogP contribution in [0.5, 0.6) is 5.75 Å². The molecular formula is C20H22N4O3. The number of nitrogens with one attached hydrogen (secondary N) is 1. The minimum absolute atomic E-state index is 0.299. The highest BCUT2D eigenvalue weighted by Crippen LogP contribution is 2.37. The van der Waals surface area contributed by atoms with Crippen molar-refractivity contribution in [1.82, 2.24) is 19.9 Å². The Labute approximate surface area is 156 Å². The van der Waals surface area contributed by atoms with Gasteiger partial charge < -0.3 is 24.8 Å². The monoisotopic (exact) mass is 366 g/mol. The SMILES string of the molecule is Cc1ncnc2c1ccn2C1CC(Oc2cccc3c2CNC3)[C@@H](O)[C@H]1O. The molecule has 1 fully saturated rings. The Hall–Kier alpha value is -2.48. The second kappa shape index (κ2) is 6.30. The molecule has 2 aromatic heterocycles. The fourth-order valence-corrected chi connectivity index (χ4v) is 4.30. The average Bonchev–Trinajstić information content (AvgIpc) is 3.37. The molecule has 1 saturated carbocycles. The molecule has 3 N–H and O–H groups in total. The first kappa shape index (κ1) is 16.7. The maximum absolute atomic E-state index is 10.7. The molecule has 5 rings (SSSR count). The number of hydrogen-bond acceptors (Lipinski definition) is 6. The quantitative estimate of drug-likeness (QED) is 0.650. The summed E-state index contributed by atoms with van der Waals surface area (Å²) in [6.07, 6.45) is 1.58. The van der Waals surface area contributed by atoms with Crippen LogP contribution in [0.4, 0.5) is 0 Å². The zero-order chi connectivity index (χ0) is 18.5. The molecule has 1 aliphatic heterocycles. The van der Waals surface area contributed by atoms with Crippen LogP contribution in [0.3, 0.4) is 0 Å². The maximum atomic E-state index is 10.7. The number of rotatable bonds is 3. The van der Waals surface area contributed by atoms with E-state index in [1.54, 1.807) is 0 Å². The smallest absolute Gasteiger partial charge is 0.143 e. The fraction of sp³-hybridized carbons (Fsp3) is 0.400. The number of benzene rings is 1. The van der Waals surface area contributed by atoms with Crippen molar-refractivity contribution >= 4 is 11.0 Å². The third-order valence-corrected chi connectivity index (χ3v) is 5.79. The van der Waals surface area contributed by atoms with E-state index >= 15 is 0 Å². The second-order valence-electron chi connectivity index (χ2n) is 7.36. The van der Waals surface area contributed by atoms with Crippen molar-refractivity contribution in [1.29, 1.82) is 0 Å². The van der Waals surface area contributed by atoms with Crippen LogP contribution < -0.4 is 10.1 Å². The zero-order valence-electron chi connectivity index (χ0n) is 15.0. The van der Waals surface area contributed by atoms with Crippen molar-refractivity contribution in [2.45, 2.75) is 50.8 Å². The van der Waals surface area contributed by atoms with Crippen LogP contribution in [0.25, 0.3) is 11.0 Å². The van der Waals surface area contributed by atoms with E-state index in [2.05, 4.69) is 21.4 Å². The molecule has 7 nitrogen and oxygen atoms in total. The van der Waals surface area contributed by atoms with E-state index < -0.39 is 18.3 Å². The van der Waals surface area contributed by atoms with Crippen molar-refractivity contribution in [3.8, 4) is 5.75 Å². The largest absolute Gasteiger partial charge is 0.487 e. The van der Waals surface area contributed by atoms with Gasteiger partial charge in [-0.1, -0.05) is 12.1 Å². The van der Waals surface area contributed by atoms with Gasteiger partial charge in [0, 0.05) is 36.7 Å². The summed E-state index contributed by atoms with van der Waals surface area (Å²) in [4.78, 5) is 8.59. The van der Waals surface area contributed by atoms with Gasteiger partial charge in [0.25, 0.3) is 0 Å². The lowest BCUT2D eigenvalue weighted by Crippen LogP contribution is -2.34. The van der Waals surface area contributed by atoms with Crippen LogP contribution in [0.2, 0.25) is 0 Å². The molecule has 3 heterocycles. The van der Waals surface area contributed by atoms with Crippen LogP contribution in [0.15, 0.2) is 36.8 Å². The molecule has 1 aromatic carbocycles. The van der Waals surface area contributed by atoms with E-state index in [9.17, 15) is 10.2 Å². The van der Waals surface area contributed by atoms with Crippen LogP contribution >= 0.6 is 0 Å². The van der Waals surface area contributed by atoms with E-state index in [0.717, 1.165) is 41.1 Å². The van der Waals surface area contributed by atoms with Crippen LogP contribution in [-0.2, 0) is 13.1 Å². The lowest BCUT2D eigenvalue weighted by Gasteiger charge is -2.20. The molecular weight excluding hydrogens is 344 g/mol. The number of nitrogens with zero attached hydrogens (tertiary/aromatic N) is 3. The number of ether oxygens (including phenoxy) is 1. The van der Waals surface area contributed by atoms with Crippen molar-refractivity contribution in [2.24, 2.45) is 0 Å². The van der Waals surface area contributed by atoms with Crippen molar-refractivity contribution in [3.63, 3.8) is 0 Å². The van der Waals surface area contributed by atoms with E-state index in [0.29, 0.717) is 6.42 Å². The summed E-state index contributed by atoms with van der Waals surface area (Å²) in [5.41, 5.74) is 4.02. The summed E-state index contributed by atoms with van der Waals surface area (Å²) in [6.45, 7) is 3.53. The summed E-state index contributed by atoms with van der Waals surface area (Å²) < 4.78 is 8.10. The lowest BCUT2D eigenvalue weighted by molar-refractivity contribution is -0.0165. The molecule has 0 amide bonds. The Balaban J connectivity index is 1.44. The van der Waals surface area contributed by atoms with Crippen molar-refractivity contribution in [3.05, 3.63) is 53.6 Å². The summed E-state index contributed by atoms with van der Waals surface area (Å²) in [7, 11) is 0. The summed E-state index contributed by atoms with van der Waals surface area (Å²) in [5.74, 6) is 0.782. The number of hydrogen-bond donors (Lipinski definition) is 3. The van der Waals surface area contributed by atoms with Gasteiger partial charge in [-0.15, -0.1) is 0 Å². The van der Waals surface area contributed by atoms with Gasteiger partial charge >= 0.3 is 0 Å². The van der Waals surface area contributed by atoms with Gasteiger partial charge in [0.1, 0.15) is 36.0 Å². The number of aryl methyl sites for hydroxylation is 1. The standard InChI is InChI=1S/C20H22N4O3/c1-11-13-5-6-24(20(13)23-10-22-11)15-7-17(19(26)18(15)25)27-16-4-2-3-12-8-21-9-14(12)16/h2-6,10,15,17-19,21,25-26H,7-9H2,1H3/t15?,17?,18-,19+/m0/s1. The highest BCUT2D eigenvalue weighted by Gasteiger charge is 2.44. The minimum Gasteiger partial charge on any atom is -0.487 e. The van der Waals surface area contributed by atoms with E-state index in [1.807, 2.05) is 35.9 Å². The van der Waals surface area contributed by atoms with Crippen LogP contribution in [0, 0.1) is 6.92 Å². The molecule has 27 heavy (non-hydrogen) atoms. The normalized spacial score (nSPS) is 27.2. The zero-order valence-corrected chi connectivity index (χ0v) is 15.0. The minimum atomic E-state index is -0.958. The number of aliphatic hydroxyl groups is 2. The Bertz CT molecular complexity index is 1000. The molecule has 0 saturated heterocycles. The molecule has 2 unspecified atom stereocenters. The third kappa shape index (κ3) is 2.62. The first-order valence-corrected chi connectivity index (χ1v) is 9.26. The molecule has 0 radical (unpaired) electrons. The Morgan fingerprint density at radius 1 is 1.15 bits per heavy atom. The Morgan fingerprint density at radius 3 is 2.93 bits per heavy atom. The molecule has 140 valence electrons. The summed E-state index contributed by atoms with van der Waals surface area (Å²) in [5, 5.41) is 25.6. The number of aliphatic hydroxyl groups excluding tert-OH is 2. The molecule has 0 bridgehead atoms. The number of aromatic nitrogens is 3. The third-order valence-electron chi connectivity index (χ3n) is 5.79. The maximum Gasteiger partial charge on any atom is 0.143 e. The summed E-state index contributed by atoms with van der Waals surface area (Å²) >= 11 is 0. The molecule has 1 aliphatic carbocycles. The van der Waals surface area contributed by atoms with Crippen LogP contribution in [0.1, 0.15) is 29.3 Å². The molecule has 4 atom stereocenters. The van der Waals surface area contributed by atoms with Gasteiger partial charge in [0.15, 0.2) is 0 Å². The van der Waals surface area contributed by atoms with Crippen molar-refractivity contribution < 1.29 is 14.9 Å². The van der Waals surface area contributed by atoms with E-state index in [4.69, 9.17) is 4.74 Å². The van der Waals surface area contributed by atoms with Crippen LogP contribution in [-0.4, -0.2) is 43.1 Å². The van der Waals surface area contributed by atoms with Gasteiger partial charge in [-0.2, -0.15) is 0 Å². The molecule has 3 aromatic rings.